The molecule has 0 bridgehead atoms. The molecule has 0 fully saturated rings. The van der Waals surface area contributed by atoms with E-state index in [2.05, 4.69) is 30.1 Å². The number of thiazole rings is 1. The second kappa shape index (κ2) is 7.45. The maximum atomic E-state index is 9.59. The Balaban J connectivity index is 1.62. The van der Waals surface area contributed by atoms with E-state index in [9.17, 15) is 5.26 Å². The van der Waals surface area contributed by atoms with Crippen LogP contribution in [0.1, 0.15) is 16.3 Å². The predicted molar refractivity (Wildman–Crippen MR) is 110 cm³/mol. The van der Waals surface area contributed by atoms with Crippen molar-refractivity contribution in [2.24, 2.45) is 0 Å². The molecule has 0 saturated carbocycles. The zero-order chi connectivity index (χ0) is 18.6. The average molecular weight is 368 g/mol. The van der Waals surface area contributed by atoms with Gasteiger partial charge < -0.3 is 4.42 Å². The zero-order valence-corrected chi connectivity index (χ0v) is 15.5. The molecule has 0 aliphatic rings. The lowest BCUT2D eigenvalue weighted by atomic mass is 10.1. The number of aromatic nitrogens is 1. The number of benzene rings is 2. The number of hydrogen-bond acceptors (Lipinski definition) is 4. The first-order valence-electron chi connectivity index (χ1n) is 8.53. The first-order chi connectivity index (χ1) is 13.2. The summed E-state index contributed by atoms with van der Waals surface area (Å²) in [5.41, 5.74) is 4.63. The van der Waals surface area contributed by atoms with E-state index < -0.39 is 0 Å². The van der Waals surface area contributed by atoms with Gasteiger partial charge in [0.15, 0.2) is 0 Å². The topological polar surface area (TPSA) is 49.8 Å². The molecule has 0 unspecified atom stereocenters. The normalized spacial score (nSPS) is 11.3. The van der Waals surface area contributed by atoms with Gasteiger partial charge in [-0.15, -0.1) is 11.3 Å². The fourth-order valence-electron chi connectivity index (χ4n) is 2.73. The van der Waals surface area contributed by atoms with Crippen molar-refractivity contribution >= 4 is 23.0 Å². The second-order valence-electron chi connectivity index (χ2n) is 6.14. The third-order valence-corrected chi connectivity index (χ3v) is 5.05. The van der Waals surface area contributed by atoms with Crippen molar-refractivity contribution in [1.82, 2.24) is 4.98 Å². The van der Waals surface area contributed by atoms with Gasteiger partial charge in [-0.3, -0.25) is 0 Å². The Kier molecular flexibility index (Phi) is 4.69. The number of hydrogen-bond donors (Lipinski definition) is 0. The van der Waals surface area contributed by atoms with Crippen molar-refractivity contribution in [2.75, 3.05) is 0 Å². The maximum absolute atomic E-state index is 9.59. The number of furan rings is 1. The quantitative estimate of drug-likeness (QED) is 0.389. The molecule has 0 aliphatic carbocycles. The number of nitrogens with zero attached hydrogens (tertiary/aromatic N) is 2. The first-order valence-corrected chi connectivity index (χ1v) is 9.41. The number of nitriles is 1. The Labute approximate surface area is 161 Å². The molecule has 4 heteroatoms. The van der Waals surface area contributed by atoms with Crippen LogP contribution in [0.15, 0.2) is 76.5 Å². The van der Waals surface area contributed by atoms with Gasteiger partial charge in [0.2, 0.25) is 0 Å². The van der Waals surface area contributed by atoms with Crippen LogP contribution >= 0.6 is 11.3 Å². The molecule has 2 heterocycles. The summed E-state index contributed by atoms with van der Waals surface area (Å²) in [6, 6.07) is 24.1. The Bertz CT molecular complexity index is 1130. The van der Waals surface area contributed by atoms with Crippen molar-refractivity contribution in [3.05, 3.63) is 88.4 Å². The number of aryl methyl sites for hydroxylation is 1. The van der Waals surface area contributed by atoms with Gasteiger partial charge in [-0.1, -0.05) is 60.2 Å². The summed E-state index contributed by atoms with van der Waals surface area (Å²) < 4.78 is 5.88. The Morgan fingerprint density at radius 3 is 2.52 bits per heavy atom. The summed E-state index contributed by atoms with van der Waals surface area (Å²) in [7, 11) is 0. The smallest absolute Gasteiger partial charge is 0.134 e. The molecule has 2 aromatic heterocycles. The molecule has 130 valence electrons. The van der Waals surface area contributed by atoms with Crippen LogP contribution in [0.5, 0.6) is 0 Å². The molecular formula is C23H16N2OS. The lowest BCUT2D eigenvalue weighted by Gasteiger charge is -1.97. The van der Waals surface area contributed by atoms with Crippen LogP contribution in [0.2, 0.25) is 0 Å². The van der Waals surface area contributed by atoms with E-state index in [-0.39, 0.29) is 0 Å². The molecular weight excluding hydrogens is 352 g/mol. The molecule has 0 aliphatic heterocycles. The zero-order valence-electron chi connectivity index (χ0n) is 14.7. The second-order valence-corrected chi connectivity index (χ2v) is 7.00. The van der Waals surface area contributed by atoms with Gasteiger partial charge in [0.1, 0.15) is 22.6 Å². The van der Waals surface area contributed by atoms with Gasteiger partial charge in [0.25, 0.3) is 0 Å². The Morgan fingerprint density at radius 2 is 1.78 bits per heavy atom. The highest BCUT2D eigenvalue weighted by molar-refractivity contribution is 7.11. The van der Waals surface area contributed by atoms with Gasteiger partial charge in [0, 0.05) is 22.6 Å². The van der Waals surface area contributed by atoms with Crippen molar-refractivity contribution in [3.63, 3.8) is 0 Å². The lowest BCUT2D eigenvalue weighted by molar-refractivity contribution is 0.572. The minimum absolute atomic E-state index is 0.493. The van der Waals surface area contributed by atoms with Crippen LogP contribution in [0.25, 0.3) is 34.2 Å². The molecule has 0 spiro atoms. The third-order valence-electron chi connectivity index (χ3n) is 4.17. The SMILES string of the molecule is Cc1ccc(-c2csc(/C(C#N)=C/c3ccc(-c4ccccc4)o3)n2)cc1. The minimum Gasteiger partial charge on any atom is -0.457 e. The molecule has 4 rings (SSSR count). The largest absolute Gasteiger partial charge is 0.457 e. The van der Waals surface area contributed by atoms with E-state index in [1.807, 2.05) is 60.0 Å². The highest BCUT2D eigenvalue weighted by Crippen LogP contribution is 2.29. The van der Waals surface area contributed by atoms with Gasteiger partial charge in [-0.05, 0) is 19.1 Å². The van der Waals surface area contributed by atoms with E-state index >= 15 is 0 Å². The molecule has 0 atom stereocenters. The fraction of sp³-hybridized carbons (Fsp3) is 0.0435. The number of allylic oxidation sites excluding steroid dienone is 1. The van der Waals surface area contributed by atoms with E-state index in [0.29, 0.717) is 16.3 Å². The molecule has 2 aromatic carbocycles. The van der Waals surface area contributed by atoms with Crippen LogP contribution in [-0.2, 0) is 0 Å². The summed E-state index contributed by atoms with van der Waals surface area (Å²) in [5, 5.41) is 12.2. The standard InChI is InChI=1S/C23H16N2OS/c1-16-7-9-17(10-8-16)21-15-27-23(25-21)19(14-24)13-20-11-12-22(26-20)18-5-3-2-4-6-18/h2-13,15H,1H3/b19-13+. The third kappa shape index (κ3) is 3.74. The van der Waals surface area contributed by atoms with E-state index in [0.717, 1.165) is 22.6 Å². The van der Waals surface area contributed by atoms with Crippen LogP contribution in [0, 0.1) is 18.3 Å². The van der Waals surface area contributed by atoms with Crippen LogP contribution < -0.4 is 0 Å². The average Bonchev–Trinajstić information content (AvgIpc) is 3.37. The van der Waals surface area contributed by atoms with Crippen LogP contribution in [0.3, 0.4) is 0 Å². The van der Waals surface area contributed by atoms with Crippen LogP contribution in [-0.4, -0.2) is 4.98 Å². The van der Waals surface area contributed by atoms with Gasteiger partial charge >= 0.3 is 0 Å². The monoisotopic (exact) mass is 368 g/mol. The molecule has 27 heavy (non-hydrogen) atoms. The molecule has 0 N–H and O–H groups in total. The van der Waals surface area contributed by atoms with Gasteiger partial charge in [-0.2, -0.15) is 5.26 Å². The van der Waals surface area contributed by atoms with Crippen molar-refractivity contribution < 1.29 is 4.42 Å². The minimum atomic E-state index is 0.493. The summed E-state index contributed by atoms with van der Waals surface area (Å²) in [4.78, 5) is 4.63. The highest BCUT2D eigenvalue weighted by atomic mass is 32.1. The van der Waals surface area contributed by atoms with E-state index in [1.165, 1.54) is 16.9 Å². The predicted octanol–water partition coefficient (Wildman–Crippen LogP) is 6.44. The first kappa shape index (κ1) is 17.0. The maximum Gasteiger partial charge on any atom is 0.134 e. The van der Waals surface area contributed by atoms with E-state index in [1.54, 1.807) is 6.08 Å². The molecule has 0 amide bonds. The van der Waals surface area contributed by atoms with Crippen molar-refractivity contribution in [1.29, 1.82) is 5.26 Å². The summed E-state index contributed by atoms with van der Waals surface area (Å²) in [5.74, 6) is 1.41. The molecule has 0 saturated heterocycles. The number of rotatable bonds is 4. The van der Waals surface area contributed by atoms with E-state index in [4.69, 9.17) is 4.42 Å². The van der Waals surface area contributed by atoms with Gasteiger partial charge in [0.05, 0.1) is 11.3 Å². The summed E-state index contributed by atoms with van der Waals surface area (Å²) in [6.45, 7) is 2.06. The van der Waals surface area contributed by atoms with Gasteiger partial charge in [-0.25, -0.2) is 4.98 Å². The summed E-state index contributed by atoms with van der Waals surface area (Å²) in [6.07, 6.45) is 1.74. The van der Waals surface area contributed by atoms with Crippen molar-refractivity contribution in [3.8, 4) is 28.7 Å². The lowest BCUT2D eigenvalue weighted by Crippen LogP contribution is -1.82. The summed E-state index contributed by atoms with van der Waals surface area (Å²) >= 11 is 1.46. The molecule has 3 nitrogen and oxygen atoms in total. The fourth-order valence-corrected chi connectivity index (χ4v) is 3.52. The van der Waals surface area contributed by atoms with Crippen LogP contribution in [0.4, 0.5) is 0 Å². The Morgan fingerprint density at radius 1 is 1.00 bits per heavy atom. The highest BCUT2D eigenvalue weighted by Gasteiger charge is 2.11. The molecule has 0 radical (unpaired) electrons. The Hall–Kier alpha value is -3.42. The molecule has 4 aromatic rings. The van der Waals surface area contributed by atoms with Crippen molar-refractivity contribution in [2.45, 2.75) is 6.92 Å².